The number of unbranched alkanes of at least 4 members (excludes halogenated alkanes) is 11. The van der Waals surface area contributed by atoms with E-state index in [1.165, 1.54) is 27.1 Å². The van der Waals surface area contributed by atoms with Crippen LogP contribution in [0.15, 0.2) is 0 Å². The Labute approximate surface area is 381 Å². The van der Waals surface area contributed by atoms with Gasteiger partial charge in [0, 0.05) is 38.5 Å². The van der Waals surface area contributed by atoms with Crippen LogP contribution in [-0.2, 0) is 57.2 Å². The minimum Gasteiger partial charge on any atom is -0.469 e. The summed E-state index contributed by atoms with van der Waals surface area (Å²) in [7, 11) is 2.86. The monoisotopic (exact) mass is 893 g/mol. The lowest BCUT2D eigenvalue weighted by Crippen LogP contribution is -2.24. The number of ether oxygens (including phenoxy) is 6. The van der Waals surface area contributed by atoms with Gasteiger partial charge in [-0.3, -0.25) is 28.8 Å². The first-order chi connectivity index (χ1) is 29.2. The van der Waals surface area contributed by atoms with Crippen LogP contribution in [0.4, 0.5) is 0 Å². The minimum absolute atomic E-state index is 0.0316. The third-order valence-electron chi connectivity index (χ3n) is 7.76. The summed E-state index contributed by atoms with van der Waals surface area (Å²) in [4.78, 5) is 64.5. The Hall–Kier alpha value is -3.18. The Morgan fingerprint density at radius 3 is 1.06 bits per heavy atom. The van der Waals surface area contributed by atoms with E-state index >= 15 is 0 Å². The van der Waals surface area contributed by atoms with Crippen molar-refractivity contribution in [3.63, 3.8) is 0 Å². The topological polar surface area (TPSA) is 158 Å². The molecule has 0 aliphatic rings. The maximum atomic E-state index is 11.0. The number of esters is 6. The van der Waals surface area contributed by atoms with Crippen LogP contribution in [0.1, 0.15) is 245 Å². The number of carbonyl (C=O) groups is 6. The standard InChI is InChI=1S/3C9H18O2.2C8H16O2.C7H14O2/c1-7(2)6-8(10)11-9(3,4)5;1-4-5-6-7-9(10)11-8(2)3;1-3-5-6-7-9(10)11-8-4-2;1-3-4-5-6-7-8(9)10-2;1-3-5-6-7-8(9)10-4-2;1-3-4-5-6-7(8)9-2/h7H,6H2,1-5H3;8H,4-7H2,1-3H3;3-8H2,1-2H3;2*3-7H2,1-2H3;3-6H2,1-2H3. The maximum Gasteiger partial charge on any atom is 0.306 e. The highest BCUT2D eigenvalue weighted by Gasteiger charge is 2.16. The zero-order chi connectivity index (χ0) is 49.0. The molecule has 0 aliphatic carbocycles. The molecule has 0 rings (SSSR count). The fraction of sp³-hybridized carbons (Fsp3) is 0.880. The highest BCUT2D eigenvalue weighted by Crippen LogP contribution is 2.11. The second-order valence-electron chi connectivity index (χ2n) is 16.5. The summed E-state index contributed by atoms with van der Waals surface area (Å²) >= 11 is 0. The average Bonchev–Trinajstić information content (AvgIpc) is 3.19. The Morgan fingerprint density at radius 2 is 0.758 bits per heavy atom. The molecule has 0 heterocycles. The normalized spacial score (nSPS) is 9.97. The van der Waals surface area contributed by atoms with E-state index in [4.69, 9.17) is 18.9 Å². The lowest BCUT2D eigenvalue weighted by Gasteiger charge is -2.19. The van der Waals surface area contributed by atoms with E-state index in [9.17, 15) is 28.8 Å². The number of methoxy groups -OCH3 is 2. The van der Waals surface area contributed by atoms with Crippen LogP contribution in [0.2, 0.25) is 0 Å². The van der Waals surface area contributed by atoms with Crippen molar-refractivity contribution in [3.8, 4) is 0 Å². The zero-order valence-corrected chi connectivity index (χ0v) is 43.2. The highest BCUT2D eigenvalue weighted by molar-refractivity contribution is 5.71. The van der Waals surface area contributed by atoms with Gasteiger partial charge in [-0.25, -0.2) is 0 Å². The molecule has 0 amide bonds. The molecule has 0 aromatic carbocycles. The molecule has 0 N–H and O–H groups in total. The fourth-order valence-electron chi connectivity index (χ4n) is 4.54. The van der Waals surface area contributed by atoms with Crippen molar-refractivity contribution in [3.05, 3.63) is 0 Å². The lowest BCUT2D eigenvalue weighted by molar-refractivity contribution is -0.156. The van der Waals surface area contributed by atoms with Gasteiger partial charge in [0.2, 0.25) is 0 Å². The van der Waals surface area contributed by atoms with Crippen LogP contribution >= 0.6 is 0 Å². The molecule has 0 radical (unpaired) electrons. The Kier molecular flexibility index (Phi) is 63.5. The fourth-order valence-corrected chi connectivity index (χ4v) is 4.54. The van der Waals surface area contributed by atoms with Gasteiger partial charge in [-0.05, 0) is 86.0 Å². The molecule has 0 bridgehead atoms. The first-order valence-corrected chi connectivity index (χ1v) is 24.1. The van der Waals surface area contributed by atoms with Crippen LogP contribution < -0.4 is 0 Å². The number of hydrogen-bond donors (Lipinski definition) is 0. The van der Waals surface area contributed by atoms with Gasteiger partial charge in [0.1, 0.15) is 5.60 Å². The summed E-state index contributed by atoms with van der Waals surface area (Å²) in [5.74, 6) is -0.0680. The van der Waals surface area contributed by atoms with Gasteiger partial charge in [0.05, 0.1) is 33.5 Å². The van der Waals surface area contributed by atoms with E-state index in [0.29, 0.717) is 57.7 Å². The molecule has 12 heteroatoms. The molecule has 12 nitrogen and oxygen atoms in total. The van der Waals surface area contributed by atoms with Gasteiger partial charge < -0.3 is 28.4 Å². The molecule has 0 fully saturated rings. The minimum atomic E-state index is -0.341. The quantitative estimate of drug-likeness (QED) is 0.0437. The largest absolute Gasteiger partial charge is 0.469 e. The lowest BCUT2D eigenvalue weighted by atomic mass is 10.1. The van der Waals surface area contributed by atoms with Crippen molar-refractivity contribution in [2.75, 3.05) is 27.4 Å². The third-order valence-corrected chi connectivity index (χ3v) is 7.76. The van der Waals surface area contributed by atoms with Crippen molar-refractivity contribution >= 4 is 35.8 Å². The molecule has 0 atom stereocenters. The maximum absolute atomic E-state index is 11.0. The second kappa shape index (κ2) is 55.8. The van der Waals surface area contributed by atoms with Crippen molar-refractivity contribution in [2.45, 2.75) is 256 Å². The van der Waals surface area contributed by atoms with Crippen molar-refractivity contribution in [1.29, 1.82) is 0 Å². The van der Waals surface area contributed by atoms with Gasteiger partial charge in [-0.1, -0.05) is 126 Å². The SMILES string of the molecule is CC(C)CC(=O)OC(C)(C)C.CCCCCC(=O)OC.CCCCCC(=O)OC(C)C.CCCCCC(=O)OCC.CCCCCC(=O)OCCC.CCCCCCC(=O)OC. The van der Waals surface area contributed by atoms with Gasteiger partial charge in [-0.15, -0.1) is 0 Å². The highest BCUT2D eigenvalue weighted by atomic mass is 16.6. The first-order valence-electron chi connectivity index (χ1n) is 24.1. The van der Waals surface area contributed by atoms with Crippen molar-refractivity contribution in [2.24, 2.45) is 5.92 Å². The molecule has 0 saturated carbocycles. The smallest absolute Gasteiger partial charge is 0.306 e. The van der Waals surface area contributed by atoms with E-state index in [1.807, 2.05) is 62.3 Å². The molecule has 372 valence electrons. The van der Waals surface area contributed by atoms with E-state index < -0.39 is 0 Å². The van der Waals surface area contributed by atoms with Gasteiger partial charge in [-0.2, -0.15) is 0 Å². The van der Waals surface area contributed by atoms with Crippen LogP contribution in [0.5, 0.6) is 0 Å². The van der Waals surface area contributed by atoms with Crippen LogP contribution in [0, 0.1) is 5.92 Å². The van der Waals surface area contributed by atoms with E-state index in [1.54, 1.807) is 0 Å². The predicted molar refractivity (Wildman–Crippen MR) is 254 cm³/mol. The number of rotatable bonds is 27. The second-order valence-corrected chi connectivity index (χ2v) is 16.5. The molecule has 0 saturated heterocycles. The van der Waals surface area contributed by atoms with Crippen molar-refractivity contribution < 1.29 is 57.2 Å². The summed E-state index contributed by atoms with van der Waals surface area (Å²) in [6.45, 7) is 28.9. The van der Waals surface area contributed by atoms with Gasteiger partial charge in [0.25, 0.3) is 0 Å². The molecule has 0 spiro atoms. The summed E-state index contributed by atoms with van der Waals surface area (Å²) in [5.41, 5.74) is -0.341. The summed E-state index contributed by atoms with van der Waals surface area (Å²) in [6.07, 6.45) is 21.9. The Morgan fingerprint density at radius 1 is 0.419 bits per heavy atom. The Balaban J connectivity index is -0.000000152. The average molecular weight is 893 g/mol. The van der Waals surface area contributed by atoms with Crippen LogP contribution in [0.25, 0.3) is 0 Å². The molecular weight excluding hydrogens is 793 g/mol. The van der Waals surface area contributed by atoms with Gasteiger partial charge in [0.15, 0.2) is 0 Å². The number of carbonyl (C=O) groups excluding carboxylic acids is 6. The molecule has 0 aliphatic heterocycles. The summed E-state index contributed by atoms with van der Waals surface area (Å²) < 4.78 is 28.7. The van der Waals surface area contributed by atoms with Gasteiger partial charge >= 0.3 is 35.8 Å². The predicted octanol–water partition coefficient (Wildman–Crippen LogP) is 13.4. The van der Waals surface area contributed by atoms with E-state index in [0.717, 1.165) is 96.3 Å². The molecular formula is C50H100O12. The van der Waals surface area contributed by atoms with E-state index in [-0.39, 0.29) is 47.5 Å². The number of hydrogen-bond acceptors (Lipinski definition) is 12. The van der Waals surface area contributed by atoms with Crippen LogP contribution in [0.3, 0.4) is 0 Å². The first kappa shape index (κ1) is 70.5. The molecule has 0 aromatic rings. The zero-order valence-electron chi connectivity index (χ0n) is 43.2. The van der Waals surface area contributed by atoms with Crippen molar-refractivity contribution in [1.82, 2.24) is 0 Å². The molecule has 0 aromatic heterocycles. The third kappa shape index (κ3) is 80.8. The van der Waals surface area contributed by atoms with Crippen LogP contribution in [-0.4, -0.2) is 75.0 Å². The summed E-state index contributed by atoms with van der Waals surface area (Å²) in [6, 6.07) is 0. The summed E-state index contributed by atoms with van der Waals surface area (Å²) in [5, 5.41) is 0. The molecule has 0 unspecified atom stereocenters. The van der Waals surface area contributed by atoms with E-state index in [2.05, 4.69) is 44.1 Å². The Bertz CT molecular complexity index is 1000. The molecule has 62 heavy (non-hydrogen) atoms.